The summed E-state index contributed by atoms with van der Waals surface area (Å²) in [5, 5.41) is 9.72. The molecule has 22 heavy (non-hydrogen) atoms. The molecular weight excluding hydrogens is 292 g/mol. The Morgan fingerprint density at radius 3 is 2.59 bits per heavy atom. The Labute approximate surface area is 136 Å². The van der Waals surface area contributed by atoms with Crippen molar-refractivity contribution in [3.63, 3.8) is 0 Å². The van der Waals surface area contributed by atoms with E-state index in [0.29, 0.717) is 11.7 Å². The fourth-order valence-electron chi connectivity index (χ4n) is 3.53. The Balaban J connectivity index is 2.04. The van der Waals surface area contributed by atoms with Crippen molar-refractivity contribution in [2.75, 3.05) is 12.9 Å². The van der Waals surface area contributed by atoms with E-state index in [9.17, 15) is 5.11 Å². The number of fused-ring (bicyclic) bond motifs is 1. The Morgan fingerprint density at radius 1 is 1.23 bits per heavy atom. The van der Waals surface area contributed by atoms with Crippen LogP contribution in [0.4, 0.5) is 0 Å². The summed E-state index contributed by atoms with van der Waals surface area (Å²) < 4.78 is 5.28. The van der Waals surface area contributed by atoms with Gasteiger partial charge in [0.25, 0.3) is 0 Å². The number of ether oxygens (including phenoxy) is 1. The van der Waals surface area contributed by atoms with Gasteiger partial charge < -0.3 is 9.84 Å². The highest BCUT2D eigenvalue weighted by atomic mass is 32.2. The number of hydrogen-bond donors (Lipinski definition) is 1. The minimum atomic E-state index is 0.0929. The highest BCUT2D eigenvalue weighted by molar-refractivity contribution is 7.99. The molecule has 1 aliphatic heterocycles. The van der Waals surface area contributed by atoms with Crippen LogP contribution in [0.3, 0.4) is 0 Å². The maximum atomic E-state index is 9.72. The van der Waals surface area contributed by atoms with Gasteiger partial charge in [0.1, 0.15) is 11.5 Å². The fourth-order valence-corrected chi connectivity index (χ4v) is 4.94. The van der Waals surface area contributed by atoms with Crippen LogP contribution in [0, 0.1) is 0 Å². The first-order valence-electron chi connectivity index (χ1n) is 7.68. The van der Waals surface area contributed by atoms with Crippen LogP contribution in [0.2, 0.25) is 0 Å². The average molecular weight is 314 g/mol. The summed E-state index contributed by atoms with van der Waals surface area (Å²) in [4.78, 5) is 1.22. The second-order valence-corrected chi connectivity index (χ2v) is 7.13. The molecule has 0 saturated heterocycles. The molecule has 116 valence electrons. The first-order valence-corrected chi connectivity index (χ1v) is 8.67. The van der Waals surface area contributed by atoms with Gasteiger partial charge in [-0.1, -0.05) is 32.0 Å². The van der Waals surface area contributed by atoms with Gasteiger partial charge in [0.05, 0.1) is 7.11 Å². The van der Waals surface area contributed by atoms with Crippen molar-refractivity contribution in [3.8, 4) is 11.5 Å². The van der Waals surface area contributed by atoms with Gasteiger partial charge in [-0.15, -0.1) is 11.8 Å². The topological polar surface area (TPSA) is 29.5 Å². The first-order chi connectivity index (χ1) is 10.6. The molecule has 0 spiro atoms. The third-order valence-electron chi connectivity index (χ3n) is 4.83. The molecule has 0 bridgehead atoms. The SMILES string of the molecule is CC[C@@H]1c2ccc(O)cc2SC[C@]1(C)c1ccc(OC)cc1. The molecule has 1 aliphatic rings. The number of phenolic OH excluding ortho intramolecular Hbond substituents is 1. The van der Waals surface area contributed by atoms with E-state index in [-0.39, 0.29) is 5.41 Å². The summed E-state index contributed by atoms with van der Waals surface area (Å²) in [5.74, 6) is 2.73. The van der Waals surface area contributed by atoms with Crippen molar-refractivity contribution in [1.82, 2.24) is 0 Å². The second kappa shape index (κ2) is 5.88. The van der Waals surface area contributed by atoms with Crippen LogP contribution in [-0.4, -0.2) is 18.0 Å². The molecule has 0 amide bonds. The van der Waals surface area contributed by atoms with E-state index in [1.54, 1.807) is 7.11 Å². The molecule has 0 saturated carbocycles. The third kappa shape index (κ3) is 2.48. The molecule has 3 heteroatoms. The minimum absolute atomic E-state index is 0.0929. The van der Waals surface area contributed by atoms with E-state index >= 15 is 0 Å². The second-order valence-electron chi connectivity index (χ2n) is 6.12. The van der Waals surface area contributed by atoms with Gasteiger partial charge in [0.15, 0.2) is 0 Å². The number of rotatable bonds is 3. The summed E-state index contributed by atoms with van der Waals surface area (Å²) in [6, 6.07) is 14.3. The third-order valence-corrected chi connectivity index (χ3v) is 6.24. The van der Waals surface area contributed by atoms with Crippen LogP contribution < -0.4 is 4.74 Å². The molecule has 3 rings (SSSR count). The molecule has 0 aliphatic carbocycles. The first kappa shape index (κ1) is 15.3. The minimum Gasteiger partial charge on any atom is -0.508 e. The molecule has 0 fully saturated rings. The van der Waals surface area contributed by atoms with Crippen molar-refractivity contribution in [1.29, 1.82) is 0 Å². The van der Waals surface area contributed by atoms with Crippen LogP contribution in [0.15, 0.2) is 47.4 Å². The smallest absolute Gasteiger partial charge is 0.118 e. The van der Waals surface area contributed by atoms with E-state index in [1.807, 2.05) is 36.0 Å². The molecule has 0 radical (unpaired) electrons. The predicted molar refractivity (Wildman–Crippen MR) is 92.2 cm³/mol. The zero-order valence-corrected chi connectivity index (χ0v) is 14.1. The lowest BCUT2D eigenvalue weighted by Gasteiger charge is -2.42. The van der Waals surface area contributed by atoms with Gasteiger partial charge >= 0.3 is 0 Å². The normalized spacial score (nSPS) is 23.9. The maximum Gasteiger partial charge on any atom is 0.118 e. The standard InChI is InChI=1S/C19H22O2S/c1-4-17-16-10-7-14(20)11-18(16)22-12-19(17,2)13-5-8-15(21-3)9-6-13/h5-11,17,20H,4,12H2,1-3H3/t17-,19-/m1/s1. The number of hydrogen-bond acceptors (Lipinski definition) is 3. The molecule has 0 unspecified atom stereocenters. The van der Waals surface area contributed by atoms with Crippen molar-refractivity contribution in [3.05, 3.63) is 53.6 Å². The van der Waals surface area contributed by atoms with Gasteiger partial charge in [0.2, 0.25) is 0 Å². The number of benzene rings is 2. The van der Waals surface area contributed by atoms with Crippen LogP contribution >= 0.6 is 11.8 Å². The summed E-state index contributed by atoms with van der Waals surface area (Å²) >= 11 is 1.84. The lowest BCUT2D eigenvalue weighted by atomic mass is 9.68. The summed E-state index contributed by atoms with van der Waals surface area (Å²) in [5.41, 5.74) is 2.80. The molecule has 1 heterocycles. The van der Waals surface area contributed by atoms with Gasteiger partial charge in [-0.2, -0.15) is 0 Å². The zero-order valence-electron chi connectivity index (χ0n) is 13.3. The van der Waals surface area contributed by atoms with Crippen LogP contribution in [-0.2, 0) is 5.41 Å². The quantitative estimate of drug-likeness (QED) is 0.868. The Kier molecular flexibility index (Phi) is 4.09. The van der Waals surface area contributed by atoms with Crippen LogP contribution in [0.5, 0.6) is 11.5 Å². The Bertz CT molecular complexity index is 666. The van der Waals surface area contributed by atoms with Crippen molar-refractivity contribution < 1.29 is 9.84 Å². The molecule has 1 N–H and O–H groups in total. The molecule has 2 aromatic carbocycles. The maximum absolute atomic E-state index is 9.72. The predicted octanol–water partition coefficient (Wildman–Crippen LogP) is 4.96. The highest BCUT2D eigenvalue weighted by Gasteiger charge is 2.40. The van der Waals surface area contributed by atoms with Crippen molar-refractivity contribution >= 4 is 11.8 Å². The fraction of sp³-hybridized carbons (Fsp3) is 0.368. The van der Waals surface area contributed by atoms with E-state index in [2.05, 4.69) is 32.0 Å². The summed E-state index contributed by atoms with van der Waals surface area (Å²) in [6.07, 6.45) is 1.08. The number of aromatic hydroxyl groups is 1. The molecule has 2 atom stereocenters. The monoisotopic (exact) mass is 314 g/mol. The van der Waals surface area contributed by atoms with E-state index in [4.69, 9.17) is 4.74 Å². The largest absolute Gasteiger partial charge is 0.508 e. The number of thioether (sulfide) groups is 1. The van der Waals surface area contributed by atoms with Crippen molar-refractivity contribution in [2.24, 2.45) is 0 Å². The molecule has 0 aromatic heterocycles. The van der Waals surface area contributed by atoms with Gasteiger partial charge in [0, 0.05) is 16.1 Å². The van der Waals surface area contributed by atoms with Gasteiger partial charge in [-0.05, 0) is 47.7 Å². The van der Waals surface area contributed by atoms with E-state index in [1.165, 1.54) is 16.0 Å². The van der Waals surface area contributed by atoms with Crippen LogP contribution in [0.1, 0.15) is 37.3 Å². The molecular formula is C19H22O2S. The zero-order chi connectivity index (χ0) is 15.7. The van der Waals surface area contributed by atoms with Crippen molar-refractivity contribution in [2.45, 2.75) is 36.5 Å². The lowest BCUT2D eigenvalue weighted by molar-refractivity contribution is 0.392. The molecule has 2 aromatic rings. The van der Waals surface area contributed by atoms with E-state index in [0.717, 1.165) is 17.9 Å². The van der Waals surface area contributed by atoms with Gasteiger partial charge in [-0.3, -0.25) is 0 Å². The van der Waals surface area contributed by atoms with Gasteiger partial charge in [-0.25, -0.2) is 0 Å². The lowest BCUT2D eigenvalue weighted by Crippen LogP contribution is -2.35. The summed E-state index contributed by atoms with van der Waals surface area (Å²) in [7, 11) is 1.70. The molecule has 2 nitrogen and oxygen atoms in total. The highest BCUT2D eigenvalue weighted by Crippen LogP contribution is 2.51. The summed E-state index contributed by atoms with van der Waals surface area (Å²) in [6.45, 7) is 4.60. The number of methoxy groups -OCH3 is 1. The van der Waals surface area contributed by atoms with Crippen LogP contribution in [0.25, 0.3) is 0 Å². The Morgan fingerprint density at radius 2 is 1.95 bits per heavy atom. The van der Waals surface area contributed by atoms with E-state index < -0.39 is 0 Å². The number of phenols is 1. The Hall–Kier alpha value is -1.61. The average Bonchev–Trinajstić information content (AvgIpc) is 2.55.